The van der Waals surface area contributed by atoms with Crippen LogP contribution in [0.15, 0.2) is 48.5 Å². The molecule has 1 aliphatic heterocycles. The molecule has 13 heteroatoms. The number of nitrogens with one attached hydrogen (secondary N) is 2. The normalized spacial score (nSPS) is 14.4. The summed E-state index contributed by atoms with van der Waals surface area (Å²) in [5.41, 5.74) is -0.450. The fraction of sp³-hybridized carbons (Fsp3) is 0.304. The number of piperidine rings is 1. The van der Waals surface area contributed by atoms with Crippen molar-refractivity contribution in [2.45, 2.75) is 25.4 Å². The first-order valence-electron chi connectivity index (χ1n) is 11.0. The Bertz CT molecular complexity index is 1330. The lowest BCUT2D eigenvalue weighted by molar-refractivity contribution is -0.137. The summed E-state index contributed by atoms with van der Waals surface area (Å²) in [7, 11) is -3.43. The van der Waals surface area contributed by atoms with Gasteiger partial charge in [0.15, 0.2) is 0 Å². The van der Waals surface area contributed by atoms with Crippen LogP contribution in [0.2, 0.25) is 5.02 Å². The number of nitrogens with zero attached hydrogens (tertiary/aromatic N) is 3. The zero-order valence-electron chi connectivity index (χ0n) is 19.1. The number of aromatic nitrogens is 2. The summed E-state index contributed by atoms with van der Waals surface area (Å²) >= 11 is 5.73. The van der Waals surface area contributed by atoms with Gasteiger partial charge in [-0.05, 0) is 61.7 Å². The molecule has 8 nitrogen and oxygen atoms in total. The van der Waals surface area contributed by atoms with Crippen LogP contribution < -0.4 is 19.7 Å². The number of halogens is 4. The van der Waals surface area contributed by atoms with E-state index in [-0.39, 0.29) is 17.5 Å². The molecule has 0 radical (unpaired) electrons. The third-order valence-corrected chi connectivity index (χ3v) is 6.22. The van der Waals surface area contributed by atoms with Gasteiger partial charge >= 0.3 is 12.2 Å². The fourth-order valence-electron chi connectivity index (χ4n) is 3.69. The van der Waals surface area contributed by atoms with E-state index < -0.39 is 26.8 Å². The molecule has 192 valence electrons. The van der Waals surface area contributed by atoms with Crippen LogP contribution in [0.5, 0.6) is 11.8 Å². The fourth-order valence-corrected chi connectivity index (χ4v) is 4.48. The van der Waals surface area contributed by atoms with Gasteiger partial charge in [-0.25, -0.2) is 8.42 Å². The Kier molecular flexibility index (Phi) is 7.46. The molecule has 1 aromatic heterocycles. The minimum atomic E-state index is -4.61. The van der Waals surface area contributed by atoms with Crippen molar-refractivity contribution >= 4 is 44.6 Å². The zero-order chi connectivity index (χ0) is 25.9. The molecule has 2 N–H and O–H groups in total. The molecule has 0 bridgehead atoms. The van der Waals surface area contributed by atoms with Crippen LogP contribution in [-0.4, -0.2) is 37.7 Å². The molecular weight excluding hydrogens is 519 g/mol. The molecule has 3 aromatic rings. The molecule has 0 atom stereocenters. The SMILES string of the molecule is CS(=O)(=O)Nc1ccc(Oc2nc(Nc3ccc(Cl)c(C(F)(F)F)c3)cc(N3CCCCC3)n2)cc1. The number of benzene rings is 2. The molecular formula is C23H23ClF3N5O3S. The lowest BCUT2D eigenvalue weighted by atomic mass is 10.1. The van der Waals surface area contributed by atoms with Crippen molar-refractivity contribution in [1.82, 2.24) is 9.97 Å². The summed E-state index contributed by atoms with van der Waals surface area (Å²) in [6.07, 6.45) is -0.474. The van der Waals surface area contributed by atoms with E-state index in [9.17, 15) is 21.6 Å². The molecule has 2 aromatic carbocycles. The van der Waals surface area contributed by atoms with Gasteiger partial charge in [0.1, 0.15) is 17.4 Å². The van der Waals surface area contributed by atoms with Crippen molar-refractivity contribution in [1.29, 1.82) is 0 Å². The Morgan fingerprint density at radius 1 is 0.972 bits per heavy atom. The number of alkyl halides is 3. The number of anilines is 4. The van der Waals surface area contributed by atoms with Gasteiger partial charge in [-0.3, -0.25) is 4.72 Å². The largest absolute Gasteiger partial charge is 0.424 e. The van der Waals surface area contributed by atoms with Crippen molar-refractivity contribution in [3.05, 3.63) is 59.1 Å². The summed E-state index contributed by atoms with van der Waals surface area (Å²) in [5.74, 6) is 1.16. The van der Waals surface area contributed by atoms with Crippen molar-refractivity contribution < 1.29 is 26.3 Å². The van der Waals surface area contributed by atoms with Crippen molar-refractivity contribution in [3.8, 4) is 11.8 Å². The minimum absolute atomic E-state index is 0.0191. The van der Waals surface area contributed by atoms with E-state index >= 15 is 0 Å². The highest BCUT2D eigenvalue weighted by Crippen LogP contribution is 2.37. The highest BCUT2D eigenvalue weighted by Gasteiger charge is 2.33. The van der Waals surface area contributed by atoms with E-state index in [4.69, 9.17) is 16.3 Å². The molecule has 1 aliphatic rings. The third kappa shape index (κ3) is 6.91. The van der Waals surface area contributed by atoms with Gasteiger partial charge in [0, 0.05) is 30.5 Å². The maximum atomic E-state index is 13.3. The molecule has 0 spiro atoms. The molecule has 1 fully saturated rings. The van der Waals surface area contributed by atoms with Gasteiger partial charge < -0.3 is 15.0 Å². The average Bonchev–Trinajstić information content (AvgIpc) is 2.80. The molecule has 1 saturated heterocycles. The minimum Gasteiger partial charge on any atom is -0.424 e. The second-order valence-corrected chi connectivity index (χ2v) is 10.4. The van der Waals surface area contributed by atoms with E-state index in [1.54, 1.807) is 18.2 Å². The zero-order valence-corrected chi connectivity index (χ0v) is 20.7. The first-order chi connectivity index (χ1) is 17.0. The van der Waals surface area contributed by atoms with Crippen LogP contribution in [0.3, 0.4) is 0 Å². The van der Waals surface area contributed by atoms with Crippen LogP contribution >= 0.6 is 11.6 Å². The predicted octanol–water partition coefficient (Wildman–Crippen LogP) is 6.05. The number of rotatable bonds is 7. The summed E-state index contributed by atoms with van der Waals surface area (Å²) in [4.78, 5) is 10.9. The molecule has 0 unspecified atom stereocenters. The highest BCUT2D eigenvalue weighted by molar-refractivity contribution is 7.92. The molecule has 0 amide bonds. The van der Waals surface area contributed by atoms with E-state index in [2.05, 4.69) is 24.9 Å². The summed E-state index contributed by atoms with van der Waals surface area (Å²) in [6, 6.07) is 11.3. The summed E-state index contributed by atoms with van der Waals surface area (Å²) < 4.78 is 70.9. The smallest absolute Gasteiger partial charge is 0.417 e. The number of sulfonamides is 1. The van der Waals surface area contributed by atoms with Crippen LogP contribution in [0.1, 0.15) is 24.8 Å². The first-order valence-corrected chi connectivity index (χ1v) is 13.3. The molecule has 0 saturated carbocycles. The topological polar surface area (TPSA) is 96.5 Å². The first kappa shape index (κ1) is 25.8. The molecule has 0 aliphatic carbocycles. The third-order valence-electron chi connectivity index (χ3n) is 5.28. The number of hydrogen-bond donors (Lipinski definition) is 2. The lowest BCUT2D eigenvalue weighted by Gasteiger charge is -2.28. The maximum Gasteiger partial charge on any atom is 0.417 e. The standard InChI is InChI=1S/C23H23ClF3N5O3S/c1-36(33,34)31-15-5-8-17(9-6-15)35-22-29-20(14-21(30-22)32-11-3-2-4-12-32)28-16-7-10-19(24)18(13-16)23(25,26)27/h5-10,13-14,31H,2-4,11-12H2,1H3,(H,28,29,30). The van der Waals surface area contributed by atoms with Crippen molar-refractivity contribution in [2.24, 2.45) is 0 Å². The quantitative estimate of drug-likeness (QED) is 0.376. The molecule has 4 rings (SSSR count). The average molecular weight is 542 g/mol. The van der Waals surface area contributed by atoms with Gasteiger partial charge in [-0.2, -0.15) is 23.1 Å². The molecule has 36 heavy (non-hydrogen) atoms. The number of ether oxygens (including phenoxy) is 1. The van der Waals surface area contributed by atoms with Crippen molar-refractivity contribution in [2.75, 3.05) is 34.3 Å². The second kappa shape index (κ2) is 10.4. The van der Waals surface area contributed by atoms with Gasteiger partial charge in [0.25, 0.3) is 0 Å². The Balaban J connectivity index is 1.63. The number of hydrogen-bond acceptors (Lipinski definition) is 7. The van der Waals surface area contributed by atoms with E-state index in [0.29, 0.717) is 17.3 Å². The lowest BCUT2D eigenvalue weighted by Crippen LogP contribution is -2.30. The summed E-state index contributed by atoms with van der Waals surface area (Å²) in [5, 5.41) is 2.49. The summed E-state index contributed by atoms with van der Waals surface area (Å²) in [6.45, 7) is 1.56. The van der Waals surface area contributed by atoms with Crippen LogP contribution in [0, 0.1) is 0 Å². The van der Waals surface area contributed by atoms with Crippen LogP contribution in [-0.2, 0) is 16.2 Å². The second-order valence-electron chi connectivity index (χ2n) is 8.26. The van der Waals surface area contributed by atoms with Crippen LogP contribution in [0.25, 0.3) is 0 Å². The van der Waals surface area contributed by atoms with E-state index in [0.717, 1.165) is 44.7 Å². The van der Waals surface area contributed by atoms with E-state index in [1.807, 2.05) is 0 Å². The van der Waals surface area contributed by atoms with Gasteiger partial charge in [-0.15, -0.1) is 0 Å². The van der Waals surface area contributed by atoms with Gasteiger partial charge in [0.2, 0.25) is 10.0 Å². The molecule has 2 heterocycles. The predicted molar refractivity (Wildman–Crippen MR) is 133 cm³/mol. The Morgan fingerprint density at radius 3 is 2.28 bits per heavy atom. The van der Waals surface area contributed by atoms with Gasteiger partial charge in [-0.1, -0.05) is 11.6 Å². The Labute approximate surface area is 211 Å². The van der Waals surface area contributed by atoms with E-state index in [1.165, 1.54) is 24.3 Å². The maximum absolute atomic E-state index is 13.3. The van der Waals surface area contributed by atoms with Gasteiger partial charge in [0.05, 0.1) is 16.8 Å². The monoisotopic (exact) mass is 541 g/mol. The van der Waals surface area contributed by atoms with Crippen molar-refractivity contribution in [3.63, 3.8) is 0 Å². The van der Waals surface area contributed by atoms with Crippen LogP contribution in [0.4, 0.5) is 36.2 Å². The Hall–Kier alpha value is -3.25. The Morgan fingerprint density at radius 2 is 1.64 bits per heavy atom. The highest BCUT2D eigenvalue weighted by atomic mass is 35.5.